The molecule has 1 atom stereocenters. The molecule has 0 spiro atoms. The fourth-order valence-corrected chi connectivity index (χ4v) is 2.27. The molecule has 0 aliphatic heterocycles. The molecule has 112 valence electrons. The Kier molecular flexibility index (Phi) is 3.74. The van der Waals surface area contributed by atoms with E-state index < -0.39 is 0 Å². The van der Waals surface area contributed by atoms with Crippen molar-refractivity contribution in [1.82, 2.24) is 20.0 Å². The number of aromatic nitrogens is 3. The number of carbonyl (C=O) groups is 1. The van der Waals surface area contributed by atoms with E-state index in [4.69, 9.17) is 4.52 Å². The zero-order valence-corrected chi connectivity index (χ0v) is 12.4. The predicted molar refractivity (Wildman–Crippen MR) is 80.2 cm³/mol. The monoisotopic (exact) mass is 296 g/mol. The number of rotatable bonds is 4. The van der Waals surface area contributed by atoms with Crippen LogP contribution in [0.1, 0.15) is 33.7 Å². The minimum atomic E-state index is -0.362. The molecule has 0 bridgehead atoms. The van der Waals surface area contributed by atoms with Crippen molar-refractivity contribution >= 4 is 5.91 Å². The Bertz CT molecular complexity index is 776. The molecule has 2 aromatic heterocycles. The van der Waals surface area contributed by atoms with E-state index in [9.17, 15) is 4.79 Å². The first-order valence-corrected chi connectivity index (χ1v) is 6.91. The maximum atomic E-state index is 12.4. The van der Waals surface area contributed by atoms with Crippen molar-refractivity contribution in [3.8, 4) is 0 Å². The maximum Gasteiger partial charge on any atom is 0.290 e. The molecule has 1 aromatic carbocycles. The second-order valence-corrected chi connectivity index (χ2v) is 5.05. The van der Waals surface area contributed by atoms with Crippen LogP contribution in [0.5, 0.6) is 0 Å². The Morgan fingerprint density at radius 1 is 1.32 bits per heavy atom. The summed E-state index contributed by atoms with van der Waals surface area (Å²) in [5.41, 5.74) is 1.61. The third kappa shape index (κ3) is 2.76. The second-order valence-electron chi connectivity index (χ2n) is 5.05. The summed E-state index contributed by atoms with van der Waals surface area (Å²) in [7, 11) is 1.89. The quantitative estimate of drug-likeness (QED) is 0.801. The first-order valence-electron chi connectivity index (χ1n) is 6.91. The van der Waals surface area contributed by atoms with Gasteiger partial charge in [0.15, 0.2) is 0 Å². The number of benzene rings is 1. The van der Waals surface area contributed by atoms with Crippen LogP contribution in [0.4, 0.5) is 0 Å². The molecular formula is C16H16N4O2. The van der Waals surface area contributed by atoms with E-state index in [1.807, 2.05) is 48.1 Å². The number of carbonyl (C=O) groups excluding carboxylic acids is 1. The highest BCUT2D eigenvalue weighted by atomic mass is 16.5. The van der Waals surface area contributed by atoms with Crippen LogP contribution in [0.3, 0.4) is 0 Å². The first kappa shape index (κ1) is 14.1. The van der Waals surface area contributed by atoms with Crippen molar-refractivity contribution in [2.45, 2.75) is 13.0 Å². The third-order valence-electron chi connectivity index (χ3n) is 3.38. The molecule has 2 heterocycles. The van der Waals surface area contributed by atoms with Gasteiger partial charge in [-0.3, -0.25) is 4.79 Å². The topological polar surface area (TPSA) is 73.0 Å². The van der Waals surface area contributed by atoms with Crippen LogP contribution in [-0.4, -0.2) is 20.6 Å². The van der Waals surface area contributed by atoms with Crippen LogP contribution in [-0.2, 0) is 7.05 Å². The summed E-state index contributed by atoms with van der Waals surface area (Å²) in [6, 6.07) is 10.9. The Hall–Kier alpha value is -2.89. The summed E-state index contributed by atoms with van der Waals surface area (Å²) in [6.07, 6.45) is 3.55. The van der Waals surface area contributed by atoms with Crippen LogP contribution < -0.4 is 5.32 Å². The molecule has 0 radical (unpaired) electrons. The molecule has 0 aliphatic carbocycles. The number of aryl methyl sites for hydroxylation is 2. The predicted octanol–water partition coefficient (Wildman–Crippen LogP) is 2.24. The molecule has 3 rings (SSSR count). The smallest absolute Gasteiger partial charge is 0.290 e. The molecule has 6 heteroatoms. The van der Waals surface area contributed by atoms with Crippen molar-refractivity contribution < 1.29 is 9.32 Å². The minimum absolute atomic E-state index is 0.188. The maximum absolute atomic E-state index is 12.4. The normalized spacial score (nSPS) is 12.1. The molecule has 6 nitrogen and oxygen atoms in total. The number of hydrogen-bond donors (Lipinski definition) is 1. The van der Waals surface area contributed by atoms with Crippen molar-refractivity contribution in [3.05, 3.63) is 71.6 Å². The second kappa shape index (κ2) is 5.85. The molecule has 22 heavy (non-hydrogen) atoms. The zero-order chi connectivity index (χ0) is 15.5. The van der Waals surface area contributed by atoms with Crippen molar-refractivity contribution in [3.63, 3.8) is 0 Å². The molecule has 3 aromatic rings. The van der Waals surface area contributed by atoms with Gasteiger partial charge in [0, 0.05) is 25.5 Å². The molecule has 0 aliphatic rings. The first-order chi connectivity index (χ1) is 10.6. The van der Waals surface area contributed by atoms with E-state index in [2.05, 4.69) is 15.5 Å². The lowest BCUT2D eigenvalue weighted by Crippen LogP contribution is -2.30. The van der Waals surface area contributed by atoms with E-state index in [0.717, 1.165) is 11.4 Å². The van der Waals surface area contributed by atoms with Crippen molar-refractivity contribution in [2.24, 2.45) is 7.05 Å². The third-order valence-corrected chi connectivity index (χ3v) is 3.38. The molecule has 0 saturated heterocycles. The number of hydrogen-bond acceptors (Lipinski definition) is 4. The van der Waals surface area contributed by atoms with Crippen LogP contribution in [0, 0.1) is 6.92 Å². The average Bonchev–Trinajstić information content (AvgIpc) is 3.14. The summed E-state index contributed by atoms with van der Waals surface area (Å²) >= 11 is 0. The summed E-state index contributed by atoms with van der Waals surface area (Å²) in [6.45, 7) is 1.77. The van der Waals surface area contributed by atoms with E-state index in [1.54, 1.807) is 19.2 Å². The molecular weight excluding hydrogens is 280 g/mol. The van der Waals surface area contributed by atoms with Crippen molar-refractivity contribution in [2.75, 3.05) is 0 Å². The van der Waals surface area contributed by atoms with Crippen LogP contribution in [0.25, 0.3) is 0 Å². The Morgan fingerprint density at radius 2 is 2.09 bits per heavy atom. The lowest BCUT2D eigenvalue weighted by atomic mass is 10.1. The fraction of sp³-hybridized carbons (Fsp3) is 0.188. The molecule has 0 saturated carbocycles. The Balaban J connectivity index is 1.93. The van der Waals surface area contributed by atoms with Gasteiger partial charge in [-0.25, -0.2) is 4.98 Å². The van der Waals surface area contributed by atoms with Gasteiger partial charge in [0.1, 0.15) is 11.9 Å². The van der Waals surface area contributed by atoms with Crippen LogP contribution in [0.2, 0.25) is 0 Å². The van der Waals surface area contributed by atoms with Crippen LogP contribution in [0.15, 0.2) is 53.3 Å². The van der Waals surface area contributed by atoms with E-state index in [-0.39, 0.29) is 17.7 Å². The van der Waals surface area contributed by atoms with E-state index in [1.165, 1.54) is 0 Å². The van der Waals surface area contributed by atoms with Gasteiger partial charge in [0.25, 0.3) is 5.91 Å². The van der Waals surface area contributed by atoms with Gasteiger partial charge in [-0.1, -0.05) is 35.5 Å². The molecule has 1 amide bonds. The highest BCUT2D eigenvalue weighted by Gasteiger charge is 2.23. The lowest BCUT2D eigenvalue weighted by molar-refractivity contribution is 0.0904. The SMILES string of the molecule is Cc1cc(C(=O)N[C@H](c2ccccc2)c2nccn2C)on1. The minimum Gasteiger partial charge on any atom is -0.351 e. The summed E-state index contributed by atoms with van der Waals surface area (Å²) in [4.78, 5) is 16.7. The molecule has 0 unspecified atom stereocenters. The largest absolute Gasteiger partial charge is 0.351 e. The summed E-state index contributed by atoms with van der Waals surface area (Å²) in [5, 5.41) is 6.69. The average molecular weight is 296 g/mol. The van der Waals surface area contributed by atoms with Crippen molar-refractivity contribution in [1.29, 1.82) is 0 Å². The number of amides is 1. The van der Waals surface area contributed by atoms with Gasteiger partial charge in [-0.05, 0) is 12.5 Å². The van der Waals surface area contributed by atoms with Gasteiger partial charge in [-0.2, -0.15) is 0 Å². The summed E-state index contributed by atoms with van der Waals surface area (Å²) in [5.74, 6) is 0.612. The van der Waals surface area contributed by atoms with Crippen LogP contribution >= 0.6 is 0 Å². The Labute approximate surface area is 127 Å². The zero-order valence-electron chi connectivity index (χ0n) is 12.4. The lowest BCUT2D eigenvalue weighted by Gasteiger charge is -2.18. The highest BCUT2D eigenvalue weighted by molar-refractivity contribution is 5.91. The van der Waals surface area contributed by atoms with Gasteiger partial charge in [-0.15, -0.1) is 0 Å². The highest BCUT2D eigenvalue weighted by Crippen LogP contribution is 2.20. The molecule has 1 N–H and O–H groups in total. The van der Waals surface area contributed by atoms with Gasteiger partial charge < -0.3 is 14.4 Å². The van der Waals surface area contributed by atoms with Gasteiger partial charge in [0.2, 0.25) is 5.76 Å². The van der Waals surface area contributed by atoms with Gasteiger partial charge in [0.05, 0.1) is 5.69 Å². The van der Waals surface area contributed by atoms with E-state index in [0.29, 0.717) is 5.69 Å². The standard InChI is InChI=1S/C16H16N4O2/c1-11-10-13(22-19-11)16(21)18-14(12-6-4-3-5-7-12)15-17-8-9-20(15)2/h3-10,14H,1-2H3,(H,18,21)/t14-/m1/s1. The Morgan fingerprint density at radius 3 is 2.68 bits per heavy atom. The van der Waals surface area contributed by atoms with Gasteiger partial charge >= 0.3 is 0 Å². The number of imidazole rings is 1. The fourth-order valence-electron chi connectivity index (χ4n) is 2.27. The summed E-state index contributed by atoms with van der Waals surface area (Å²) < 4.78 is 6.90. The molecule has 0 fully saturated rings. The number of nitrogens with zero attached hydrogens (tertiary/aromatic N) is 3. The van der Waals surface area contributed by atoms with E-state index >= 15 is 0 Å². The number of nitrogens with one attached hydrogen (secondary N) is 1.